The Morgan fingerprint density at radius 2 is 2.21 bits per heavy atom. The van der Waals surface area contributed by atoms with Crippen LogP contribution in [0.25, 0.3) is 11.3 Å². The minimum Gasteiger partial charge on any atom is -0.439 e. The molecule has 1 heterocycles. The zero-order chi connectivity index (χ0) is 13.8. The van der Waals surface area contributed by atoms with Crippen LogP contribution in [0.5, 0.6) is 0 Å². The van der Waals surface area contributed by atoms with Crippen molar-refractivity contribution >= 4 is 27.5 Å². The van der Waals surface area contributed by atoms with Gasteiger partial charge in [0.1, 0.15) is 0 Å². The van der Waals surface area contributed by atoms with Gasteiger partial charge >= 0.3 is 0 Å². The van der Waals surface area contributed by atoms with Crippen molar-refractivity contribution in [3.63, 3.8) is 0 Å². The summed E-state index contributed by atoms with van der Waals surface area (Å²) in [5.41, 5.74) is 0.912. The second-order valence-corrected chi connectivity index (χ2v) is 6.06. The van der Waals surface area contributed by atoms with E-state index in [0.29, 0.717) is 23.4 Å². The Morgan fingerprint density at radius 3 is 2.95 bits per heavy atom. The van der Waals surface area contributed by atoms with Gasteiger partial charge < -0.3 is 9.73 Å². The molecule has 3 nitrogen and oxygen atoms in total. The number of benzene rings is 1. The summed E-state index contributed by atoms with van der Waals surface area (Å²) in [4.78, 5) is 4.27. The van der Waals surface area contributed by atoms with Crippen molar-refractivity contribution in [2.24, 2.45) is 5.92 Å². The first kappa shape index (κ1) is 14.6. The lowest BCUT2D eigenvalue weighted by Gasteiger charge is -2.04. The van der Waals surface area contributed by atoms with Gasteiger partial charge in [-0.2, -0.15) is 0 Å². The molecule has 19 heavy (non-hydrogen) atoms. The number of rotatable bonds is 5. The molecule has 0 aliphatic heterocycles. The number of oxazole rings is 1. The van der Waals surface area contributed by atoms with E-state index in [1.54, 1.807) is 6.20 Å². The molecule has 0 unspecified atom stereocenters. The van der Waals surface area contributed by atoms with E-state index in [9.17, 15) is 0 Å². The Bertz CT molecular complexity index is 554. The number of halogens is 2. The van der Waals surface area contributed by atoms with Gasteiger partial charge in [-0.1, -0.05) is 41.4 Å². The number of aromatic nitrogens is 1. The van der Waals surface area contributed by atoms with E-state index < -0.39 is 0 Å². The van der Waals surface area contributed by atoms with Crippen molar-refractivity contribution in [1.29, 1.82) is 0 Å². The van der Waals surface area contributed by atoms with Crippen LogP contribution in [0, 0.1) is 5.92 Å². The maximum absolute atomic E-state index is 6.00. The van der Waals surface area contributed by atoms with Crippen molar-refractivity contribution in [3.05, 3.63) is 39.8 Å². The maximum Gasteiger partial charge on any atom is 0.208 e. The standard InChI is InChI=1S/C14H16BrClN2O/c1-9(2)6-17-8-14-18-7-13(19-14)11-5-10(16)3-4-12(11)15/h3-5,7,9,17H,6,8H2,1-2H3. The topological polar surface area (TPSA) is 38.1 Å². The third-order valence-corrected chi connectivity index (χ3v) is 3.50. The normalized spacial score (nSPS) is 11.2. The van der Waals surface area contributed by atoms with Crippen LogP contribution in [0.2, 0.25) is 5.02 Å². The van der Waals surface area contributed by atoms with Crippen molar-refractivity contribution in [3.8, 4) is 11.3 Å². The first-order chi connectivity index (χ1) is 9.06. The Balaban J connectivity index is 2.10. The molecule has 2 aromatic rings. The molecule has 0 aliphatic carbocycles. The van der Waals surface area contributed by atoms with E-state index in [1.165, 1.54) is 0 Å². The van der Waals surface area contributed by atoms with E-state index in [2.05, 4.69) is 40.1 Å². The van der Waals surface area contributed by atoms with Gasteiger partial charge in [-0.25, -0.2) is 4.98 Å². The average Bonchev–Trinajstić information content (AvgIpc) is 2.80. The van der Waals surface area contributed by atoms with Crippen molar-refractivity contribution in [1.82, 2.24) is 10.3 Å². The molecule has 0 fully saturated rings. The molecule has 102 valence electrons. The SMILES string of the molecule is CC(C)CNCc1ncc(-c2cc(Cl)ccc2Br)o1. The van der Waals surface area contributed by atoms with E-state index >= 15 is 0 Å². The van der Waals surface area contributed by atoms with Crippen molar-refractivity contribution in [2.45, 2.75) is 20.4 Å². The molecule has 0 atom stereocenters. The molecule has 0 saturated carbocycles. The second-order valence-electron chi connectivity index (χ2n) is 4.77. The molecule has 0 radical (unpaired) electrons. The van der Waals surface area contributed by atoms with Gasteiger partial charge in [0, 0.05) is 15.1 Å². The van der Waals surface area contributed by atoms with Gasteiger partial charge in [-0.15, -0.1) is 0 Å². The van der Waals surface area contributed by atoms with Crippen LogP contribution >= 0.6 is 27.5 Å². The summed E-state index contributed by atoms with van der Waals surface area (Å²) in [6.45, 7) is 5.91. The van der Waals surface area contributed by atoms with Crippen molar-refractivity contribution in [2.75, 3.05) is 6.54 Å². The summed E-state index contributed by atoms with van der Waals surface area (Å²) in [7, 11) is 0. The van der Waals surface area contributed by atoms with Gasteiger partial charge in [0.2, 0.25) is 5.89 Å². The molecule has 0 saturated heterocycles. The largest absolute Gasteiger partial charge is 0.439 e. The first-order valence-corrected chi connectivity index (χ1v) is 7.34. The monoisotopic (exact) mass is 342 g/mol. The lowest BCUT2D eigenvalue weighted by molar-refractivity contribution is 0.459. The fourth-order valence-electron chi connectivity index (χ4n) is 1.67. The lowest BCUT2D eigenvalue weighted by Crippen LogP contribution is -2.18. The predicted molar refractivity (Wildman–Crippen MR) is 81.2 cm³/mol. The number of hydrogen-bond donors (Lipinski definition) is 1. The third-order valence-electron chi connectivity index (χ3n) is 2.58. The van der Waals surface area contributed by atoms with Gasteiger partial charge in [0.25, 0.3) is 0 Å². The Hall–Kier alpha value is -0.840. The molecule has 1 N–H and O–H groups in total. The van der Waals surface area contributed by atoms with Crippen molar-refractivity contribution < 1.29 is 4.42 Å². The zero-order valence-corrected chi connectivity index (χ0v) is 13.3. The minimum atomic E-state index is 0.608. The molecule has 0 spiro atoms. The molecule has 5 heteroatoms. The van der Waals surface area contributed by atoms with Gasteiger partial charge in [-0.3, -0.25) is 0 Å². The molecule has 2 rings (SSSR count). The molecule has 1 aromatic carbocycles. The summed E-state index contributed by atoms with van der Waals surface area (Å²) in [5, 5.41) is 3.97. The van der Waals surface area contributed by atoms with Crippen LogP contribution in [0.3, 0.4) is 0 Å². The Morgan fingerprint density at radius 1 is 1.42 bits per heavy atom. The van der Waals surface area contributed by atoms with Crippen LogP contribution in [0.15, 0.2) is 33.3 Å². The van der Waals surface area contributed by atoms with E-state index in [-0.39, 0.29) is 0 Å². The highest BCUT2D eigenvalue weighted by atomic mass is 79.9. The molecular formula is C14H16BrClN2O. The molecule has 0 aliphatic rings. The second kappa shape index (κ2) is 6.55. The number of hydrogen-bond acceptors (Lipinski definition) is 3. The summed E-state index contributed by atoms with van der Waals surface area (Å²) in [5.74, 6) is 2.01. The summed E-state index contributed by atoms with van der Waals surface area (Å²) < 4.78 is 6.66. The number of nitrogens with one attached hydrogen (secondary N) is 1. The average molecular weight is 344 g/mol. The predicted octanol–water partition coefficient (Wildman–Crippen LogP) is 4.50. The van der Waals surface area contributed by atoms with Gasteiger partial charge in [-0.05, 0) is 30.7 Å². The Labute approximate surface area is 126 Å². The zero-order valence-electron chi connectivity index (χ0n) is 10.9. The van der Waals surface area contributed by atoms with Gasteiger partial charge in [0.15, 0.2) is 5.76 Å². The quantitative estimate of drug-likeness (QED) is 0.868. The highest BCUT2D eigenvalue weighted by Gasteiger charge is 2.10. The number of nitrogens with zero attached hydrogens (tertiary/aromatic N) is 1. The maximum atomic E-state index is 6.00. The first-order valence-electron chi connectivity index (χ1n) is 6.17. The fraction of sp³-hybridized carbons (Fsp3) is 0.357. The Kier molecular flexibility index (Phi) is 5.02. The van der Waals surface area contributed by atoms with E-state index in [4.69, 9.17) is 16.0 Å². The third kappa shape index (κ3) is 4.06. The van der Waals surface area contributed by atoms with Gasteiger partial charge in [0.05, 0.1) is 12.7 Å². The van der Waals surface area contributed by atoms with Crippen LogP contribution in [-0.4, -0.2) is 11.5 Å². The molecule has 0 amide bonds. The van der Waals surface area contributed by atoms with Crippen LogP contribution in [0.4, 0.5) is 0 Å². The highest BCUT2D eigenvalue weighted by Crippen LogP contribution is 2.31. The minimum absolute atomic E-state index is 0.608. The lowest BCUT2D eigenvalue weighted by atomic mass is 10.2. The van der Waals surface area contributed by atoms with Crippen LogP contribution < -0.4 is 5.32 Å². The molecule has 0 bridgehead atoms. The summed E-state index contributed by atoms with van der Waals surface area (Å²) >= 11 is 9.48. The van der Waals surface area contributed by atoms with E-state index in [1.807, 2.05) is 18.2 Å². The summed E-state index contributed by atoms with van der Waals surface area (Å²) in [6, 6.07) is 5.59. The summed E-state index contributed by atoms with van der Waals surface area (Å²) in [6.07, 6.45) is 1.73. The molecular weight excluding hydrogens is 328 g/mol. The van der Waals surface area contributed by atoms with Crippen LogP contribution in [-0.2, 0) is 6.54 Å². The highest BCUT2D eigenvalue weighted by molar-refractivity contribution is 9.10. The van der Waals surface area contributed by atoms with E-state index in [0.717, 1.165) is 22.3 Å². The molecule has 1 aromatic heterocycles. The smallest absolute Gasteiger partial charge is 0.208 e. The fourth-order valence-corrected chi connectivity index (χ4v) is 2.28. The van der Waals surface area contributed by atoms with Crippen LogP contribution in [0.1, 0.15) is 19.7 Å².